The van der Waals surface area contributed by atoms with Crippen LogP contribution in [-0.4, -0.2) is 36.3 Å². The van der Waals surface area contributed by atoms with Crippen LogP contribution in [0.5, 0.6) is 0 Å². The number of anilines is 1. The van der Waals surface area contributed by atoms with Crippen LogP contribution >= 0.6 is 0 Å². The number of carbonyl (C=O) groups excluding carboxylic acids is 1. The summed E-state index contributed by atoms with van der Waals surface area (Å²) >= 11 is 0. The van der Waals surface area contributed by atoms with Crippen LogP contribution in [-0.2, 0) is 11.3 Å². The lowest BCUT2D eigenvalue weighted by Crippen LogP contribution is -2.65. The molecule has 0 N–H and O–H groups in total. The fourth-order valence-corrected chi connectivity index (χ4v) is 5.72. The van der Waals surface area contributed by atoms with E-state index in [0.717, 1.165) is 35.1 Å². The minimum Gasteiger partial charge on any atom is -0.440 e. The van der Waals surface area contributed by atoms with Crippen LogP contribution in [0.15, 0.2) is 91.0 Å². The van der Waals surface area contributed by atoms with Crippen molar-refractivity contribution in [3.63, 3.8) is 0 Å². The highest BCUT2D eigenvalue weighted by Crippen LogP contribution is 2.42. The highest BCUT2D eigenvalue weighted by molar-refractivity contribution is 5.87. The van der Waals surface area contributed by atoms with Crippen molar-refractivity contribution in [2.75, 3.05) is 24.5 Å². The second-order valence-corrected chi connectivity index (χ2v) is 9.60. The van der Waals surface area contributed by atoms with Crippen molar-refractivity contribution < 1.29 is 14.0 Å². The maximum atomic E-state index is 13.5. The number of para-hydroxylation sites is 1. The first kappa shape index (κ1) is 21.7. The normalized spacial score (nSPS) is 24.8. The van der Waals surface area contributed by atoms with Crippen molar-refractivity contribution in [1.82, 2.24) is 0 Å². The van der Waals surface area contributed by atoms with Gasteiger partial charge in [0.1, 0.15) is 12.6 Å². The minimum absolute atomic E-state index is 0.0341. The van der Waals surface area contributed by atoms with Crippen LogP contribution in [0.1, 0.15) is 36.9 Å². The molecule has 3 saturated heterocycles. The summed E-state index contributed by atoms with van der Waals surface area (Å²) < 4.78 is 7.31. The Morgan fingerprint density at radius 2 is 1.48 bits per heavy atom. The third kappa shape index (κ3) is 4.53. The van der Waals surface area contributed by atoms with Gasteiger partial charge < -0.3 is 9.22 Å². The Labute approximate surface area is 197 Å². The second kappa shape index (κ2) is 9.40. The number of fused-ring (bicyclic) bond motifs is 3. The Balaban J connectivity index is 1.35. The Morgan fingerprint density at radius 1 is 0.909 bits per heavy atom. The summed E-state index contributed by atoms with van der Waals surface area (Å²) in [6.07, 6.45) is 1.97. The van der Waals surface area contributed by atoms with Gasteiger partial charge in [0.25, 0.3) is 0 Å². The molecule has 0 saturated carbocycles. The third-order valence-corrected chi connectivity index (χ3v) is 7.79. The highest BCUT2D eigenvalue weighted by atomic mass is 16.6. The van der Waals surface area contributed by atoms with Crippen LogP contribution in [0.25, 0.3) is 0 Å². The van der Waals surface area contributed by atoms with Crippen molar-refractivity contribution in [3.8, 4) is 0 Å². The average Bonchev–Trinajstić information content (AvgIpc) is 2.89. The summed E-state index contributed by atoms with van der Waals surface area (Å²) in [5, 5.41) is 0. The first-order chi connectivity index (χ1) is 16.1. The Bertz CT molecular complexity index is 1050. The molecule has 3 fully saturated rings. The highest BCUT2D eigenvalue weighted by Gasteiger charge is 2.50. The number of ether oxygens (including phenoxy) is 1. The summed E-state index contributed by atoms with van der Waals surface area (Å²) in [7, 11) is 0. The molecule has 3 aliphatic heterocycles. The molecule has 2 bridgehead atoms. The van der Waals surface area contributed by atoms with Gasteiger partial charge in [0.15, 0.2) is 6.10 Å². The molecule has 3 aromatic rings. The van der Waals surface area contributed by atoms with Crippen LogP contribution in [0, 0.1) is 5.92 Å². The molecule has 4 nitrogen and oxygen atoms in total. The number of hydrogen-bond donors (Lipinski definition) is 0. The van der Waals surface area contributed by atoms with E-state index in [4.69, 9.17) is 4.74 Å². The molecule has 3 heterocycles. The lowest BCUT2D eigenvalue weighted by Gasteiger charge is -2.55. The van der Waals surface area contributed by atoms with Crippen molar-refractivity contribution in [3.05, 3.63) is 102 Å². The van der Waals surface area contributed by atoms with Gasteiger partial charge >= 0.3 is 6.09 Å². The summed E-state index contributed by atoms with van der Waals surface area (Å²) in [5.74, 6) is 0.464. The SMILES string of the molecule is CC(c1ccccc1)[N+]12CCC(CC1)[C@@H](OC(=O)N(Cc1ccccc1)c1ccccc1)C2. The van der Waals surface area contributed by atoms with Gasteiger partial charge in [-0.05, 0) is 24.6 Å². The maximum Gasteiger partial charge on any atom is 0.415 e. The molecule has 3 aliphatic rings. The summed E-state index contributed by atoms with van der Waals surface area (Å²) in [4.78, 5) is 15.3. The van der Waals surface area contributed by atoms with E-state index in [2.05, 4.69) is 49.4 Å². The van der Waals surface area contributed by atoms with Gasteiger partial charge in [-0.1, -0.05) is 78.9 Å². The van der Waals surface area contributed by atoms with E-state index >= 15 is 0 Å². The molecule has 0 radical (unpaired) electrons. The van der Waals surface area contributed by atoms with Gasteiger partial charge in [-0.25, -0.2) is 4.79 Å². The largest absolute Gasteiger partial charge is 0.440 e. The number of benzene rings is 3. The zero-order valence-corrected chi connectivity index (χ0v) is 19.3. The molecule has 1 unspecified atom stereocenters. The molecular weight excluding hydrogens is 408 g/mol. The van der Waals surface area contributed by atoms with E-state index in [1.54, 1.807) is 4.90 Å². The third-order valence-electron chi connectivity index (χ3n) is 7.79. The molecule has 33 heavy (non-hydrogen) atoms. The molecule has 0 aromatic heterocycles. The molecule has 4 heteroatoms. The van der Waals surface area contributed by atoms with E-state index in [-0.39, 0.29) is 12.2 Å². The first-order valence-electron chi connectivity index (χ1n) is 12.1. The van der Waals surface area contributed by atoms with Crippen molar-refractivity contribution in [1.29, 1.82) is 0 Å². The molecule has 0 aliphatic carbocycles. The Morgan fingerprint density at radius 3 is 2.12 bits per heavy atom. The number of piperidine rings is 3. The molecule has 6 rings (SSSR count). The van der Waals surface area contributed by atoms with Crippen LogP contribution < -0.4 is 4.90 Å². The molecule has 0 spiro atoms. The number of rotatable bonds is 6. The summed E-state index contributed by atoms with van der Waals surface area (Å²) in [6.45, 7) is 6.08. The van der Waals surface area contributed by atoms with E-state index in [0.29, 0.717) is 18.5 Å². The predicted molar refractivity (Wildman–Crippen MR) is 132 cm³/mol. The number of amides is 1. The molecule has 2 atom stereocenters. The van der Waals surface area contributed by atoms with Gasteiger partial charge in [-0.3, -0.25) is 4.90 Å². The first-order valence-corrected chi connectivity index (χ1v) is 12.1. The quantitative estimate of drug-likeness (QED) is 0.426. The smallest absolute Gasteiger partial charge is 0.415 e. The van der Waals surface area contributed by atoms with Crippen LogP contribution in [0.3, 0.4) is 0 Å². The Kier molecular flexibility index (Phi) is 6.19. The van der Waals surface area contributed by atoms with E-state index in [1.807, 2.05) is 48.5 Å². The van der Waals surface area contributed by atoms with Gasteiger partial charge in [-0.15, -0.1) is 0 Å². The fraction of sp³-hybridized carbons (Fsp3) is 0.345. The number of carbonyl (C=O) groups is 1. The van der Waals surface area contributed by atoms with Crippen LogP contribution in [0.4, 0.5) is 10.5 Å². The van der Waals surface area contributed by atoms with Crippen molar-refractivity contribution >= 4 is 11.8 Å². The van der Waals surface area contributed by atoms with E-state index in [9.17, 15) is 4.79 Å². The molecule has 3 aromatic carbocycles. The second-order valence-electron chi connectivity index (χ2n) is 9.60. The van der Waals surface area contributed by atoms with E-state index < -0.39 is 0 Å². The van der Waals surface area contributed by atoms with Gasteiger partial charge in [-0.2, -0.15) is 0 Å². The predicted octanol–water partition coefficient (Wildman–Crippen LogP) is 6.20. The number of hydrogen-bond acceptors (Lipinski definition) is 2. The van der Waals surface area contributed by atoms with Crippen LogP contribution in [0.2, 0.25) is 0 Å². The standard InChI is InChI=1S/C29H33N2O2/c1-23(25-13-7-3-8-14-25)31-19-17-26(18-20-31)28(22-31)33-29(32)30(27-15-9-4-10-16-27)21-24-11-5-2-6-12-24/h2-16,23,26,28H,17-22H2,1H3/q+1/t23?,26?,28-,31?/m0/s1. The maximum absolute atomic E-state index is 13.5. The fourth-order valence-electron chi connectivity index (χ4n) is 5.72. The summed E-state index contributed by atoms with van der Waals surface area (Å²) in [6, 6.07) is 31.2. The molecule has 170 valence electrons. The minimum atomic E-state index is -0.241. The van der Waals surface area contributed by atoms with E-state index in [1.165, 1.54) is 18.7 Å². The number of quaternary nitrogens is 1. The average molecular weight is 442 g/mol. The topological polar surface area (TPSA) is 29.5 Å². The van der Waals surface area contributed by atoms with Crippen molar-refractivity contribution in [2.45, 2.75) is 38.5 Å². The molecular formula is C29H33N2O2+. The van der Waals surface area contributed by atoms with Gasteiger partial charge in [0.05, 0.1) is 19.6 Å². The monoisotopic (exact) mass is 441 g/mol. The lowest BCUT2D eigenvalue weighted by molar-refractivity contribution is -0.972. The Hall–Kier alpha value is -3.11. The van der Waals surface area contributed by atoms with Crippen molar-refractivity contribution in [2.24, 2.45) is 5.92 Å². The lowest BCUT2D eigenvalue weighted by atomic mass is 9.81. The van der Waals surface area contributed by atoms with Gasteiger partial charge in [0.2, 0.25) is 0 Å². The zero-order valence-electron chi connectivity index (χ0n) is 19.3. The molecule has 1 amide bonds. The summed E-state index contributed by atoms with van der Waals surface area (Å²) in [5.41, 5.74) is 3.33. The van der Waals surface area contributed by atoms with Gasteiger partial charge in [0, 0.05) is 30.0 Å². The zero-order chi connectivity index (χ0) is 22.7. The number of nitrogens with zero attached hydrogens (tertiary/aromatic N) is 2.